The largest absolute Gasteiger partial charge is 0.367 e. The second-order valence-corrected chi connectivity index (χ2v) is 6.79. The van der Waals surface area contributed by atoms with Crippen LogP contribution in [0.15, 0.2) is 41.5 Å². The molecule has 1 aliphatic heterocycles. The van der Waals surface area contributed by atoms with Crippen LogP contribution in [0.5, 0.6) is 0 Å². The topological polar surface area (TPSA) is 83.3 Å². The summed E-state index contributed by atoms with van der Waals surface area (Å²) in [5, 5.41) is 0. The Morgan fingerprint density at radius 2 is 1.44 bits per heavy atom. The maximum atomic E-state index is 12.9. The number of aromatic nitrogens is 3. The molecule has 140 valence electrons. The van der Waals surface area contributed by atoms with E-state index in [0.717, 1.165) is 11.0 Å². The predicted molar refractivity (Wildman–Crippen MR) is 101 cm³/mol. The molecule has 8 heteroatoms. The number of nitrogens with zero attached hydrogens (tertiary/aromatic N) is 4. The fourth-order valence-corrected chi connectivity index (χ4v) is 3.57. The lowest BCUT2D eigenvalue weighted by molar-refractivity contribution is 0.0535. The van der Waals surface area contributed by atoms with Gasteiger partial charge >= 0.3 is 5.69 Å². The molecule has 2 amide bonds. The Hall–Kier alpha value is -3.29. The molecule has 3 aromatic rings. The number of imidazole rings is 1. The van der Waals surface area contributed by atoms with Crippen molar-refractivity contribution in [2.45, 2.75) is 0 Å². The summed E-state index contributed by atoms with van der Waals surface area (Å²) in [7, 11) is 3.41. The van der Waals surface area contributed by atoms with E-state index >= 15 is 0 Å². The minimum Gasteiger partial charge on any atom is -0.367 e. The highest BCUT2D eigenvalue weighted by Crippen LogP contribution is 2.17. The normalized spacial score (nSPS) is 14.7. The van der Waals surface area contributed by atoms with E-state index in [0.29, 0.717) is 37.3 Å². The van der Waals surface area contributed by atoms with Gasteiger partial charge in [-0.05, 0) is 24.3 Å². The van der Waals surface area contributed by atoms with Gasteiger partial charge in [0.15, 0.2) is 0 Å². The van der Waals surface area contributed by atoms with E-state index in [1.807, 2.05) is 0 Å². The summed E-state index contributed by atoms with van der Waals surface area (Å²) < 4.78 is 3.11. The number of fused-ring (bicyclic) bond motifs is 1. The number of aromatic amines is 1. The minimum absolute atomic E-state index is 0.0240. The fourth-order valence-electron chi connectivity index (χ4n) is 3.57. The van der Waals surface area contributed by atoms with Crippen molar-refractivity contribution >= 4 is 22.8 Å². The quantitative estimate of drug-likeness (QED) is 0.727. The van der Waals surface area contributed by atoms with Crippen molar-refractivity contribution in [2.24, 2.45) is 14.1 Å². The van der Waals surface area contributed by atoms with Crippen LogP contribution in [0, 0.1) is 0 Å². The first-order valence-electron chi connectivity index (χ1n) is 8.84. The summed E-state index contributed by atoms with van der Waals surface area (Å²) in [6.45, 7) is 1.98. The number of nitrogens with one attached hydrogen (secondary N) is 1. The van der Waals surface area contributed by atoms with Crippen LogP contribution < -0.4 is 5.69 Å². The van der Waals surface area contributed by atoms with E-state index in [1.165, 1.54) is 0 Å². The summed E-state index contributed by atoms with van der Waals surface area (Å²) in [6.07, 6.45) is 3.40. The molecule has 3 heterocycles. The van der Waals surface area contributed by atoms with Crippen molar-refractivity contribution in [3.8, 4) is 0 Å². The van der Waals surface area contributed by atoms with E-state index in [1.54, 1.807) is 69.7 Å². The Morgan fingerprint density at radius 1 is 0.852 bits per heavy atom. The van der Waals surface area contributed by atoms with Crippen LogP contribution in [0.3, 0.4) is 0 Å². The number of hydrogen-bond acceptors (Lipinski definition) is 3. The van der Waals surface area contributed by atoms with E-state index in [2.05, 4.69) is 4.98 Å². The molecule has 8 nitrogen and oxygen atoms in total. The van der Waals surface area contributed by atoms with Crippen molar-refractivity contribution < 1.29 is 9.59 Å². The molecular formula is C19H21N5O3. The van der Waals surface area contributed by atoms with Crippen LogP contribution >= 0.6 is 0 Å². The van der Waals surface area contributed by atoms with Gasteiger partial charge in [-0.1, -0.05) is 0 Å². The van der Waals surface area contributed by atoms with Crippen molar-refractivity contribution in [3.63, 3.8) is 0 Å². The van der Waals surface area contributed by atoms with Crippen molar-refractivity contribution in [3.05, 3.63) is 58.3 Å². The Labute approximate surface area is 155 Å². The average Bonchev–Trinajstić information content (AvgIpc) is 3.31. The number of aryl methyl sites for hydroxylation is 2. The molecule has 0 radical (unpaired) electrons. The van der Waals surface area contributed by atoms with Gasteiger partial charge in [0, 0.05) is 58.2 Å². The van der Waals surface area contributed by atoms with E-state index < -0.39 is 0 Å². The molecule has 0 atom stereocenters. The lowest BCUT2D eigenvalue weighted by atomic mass is 10.1. The number of carbonyl (C=O) groups is 2. The number of H-pyrrole nitrogens is 1. The maximum Gasteiger partial charge on any atom is 0.328 e. The zero-order chi connectivity index (χ0) is 19.1. The smallest absolute Gasteiger partial charge is 0.328 e. The summed E-state index contributed by atoms with van der Waals surface area (Å²) >= 11 is 0. The number of piperazine rings is 1. The SMILES string of the molecule is Cn1c(=O)n(C)c2cc(C(=O)N3CCN(C(=O)c4cc[nH]c4)CC3)ccc21. The van der Waals surface area contributed by atoms with E-state index in [4.69, 9.17) is 0 Å². The molecule has 1 aromatic carbocycles. The van der Waals surface area contributed by atoms with Gasteiger partial charge in [-0.25, -0.2) is 4.79 Å². The average molecular weight is 367 g/mol. The van der Waals surface area contributed by atoms with Gasteiger partial charge in [-0.2, -0.15) is 0 Å². The van der Waals surface area contributed by atoms with Crippen molar-refractivity contribution in [1.82, 2.24) is 23.9 Å². The molecular weight excluding hydrogens is 346 g/mol. The van der Waals surface area contributed by atoms with Gasteiger partial charge in [0.2, 0.25) is 0 Å². The Kier molecular flexibility index (Phi) is 4.10. The first-order chi connectivity index (χ1) is 13.0. The summed E-state index contributed by atoms with van der Waals surface area (Å²) in [5.41, 5.74) is 2.58. The number of amides is 2. The first kappa shape index (κ1) is 17.1. The molecule has 1 saturated heterocycles. The van der Waals surface area contributed by atoms with Gasteiger partial charge in [-0.15, -0.1) is 0 Å². The molecule has 2 aromatic heterocycles. The standard InChI is InChI=1S/C19H21N5O3/c1-21-15-4-3-13(11-16(15)22(2)19(21)27)17(25)23-7-9-24(10-8-23)18(26)14-5-6-20-12-14/h3-6,11-12,20H,7-10H2,1-2H3. The third kappa shape index (κ3) is 2.83. The second kappa shape index (κ2) is 6.46. The zero-order valence-electron chi connectivity index (χ0n) is 15.3. The summed E-state index contributed by atoms with van der Waals surface area (Å²) in [6, 6.07) is 7.06. The van der Waals surface area contributed by atoms with Gasteiger partial charge < -0.3 is 14.8 Å². The molecule has 4 rings (SSSR count). The molecule has 0 spiro atoms. The molecule has 0 unspecified atom stereocenters. The molecule has 0 saturated carbocycles. The predicted octanol–water partition coefficient (Wildman–Crippen LogP) is 0.803. The Morgan fingerprint density at radius 3 is 2.04 bits per heavy atom. The van der Waals surface area contributed by atoms with Gasteiger partial charge in [0.25, 0.3) is 11.8 Å². The molecule has 1 N–H and O–H groups in total. The number of rotatable bonds is 2. The highest BCUT2D eigenvalue weighted by atomic mass is 16.2. The van der Waals surface area contributed by atoms with Gasteiger partial charge in [-0.3, -0.25) is 18.7 Å². The van der Waals surface area contributed by atoms with Crippen molar-refractivity contribution in [1.29, 1.82) is 0 Å². The van der Waals surface area contributed by atoms with Crippen LogP contribution in [0.4, 0.5) is 0 Å². The third-order valence-electron chi connectivity index (χ3n) is 5.22. The lowest BCUT2D eigenvalue weighted by Crippen LogP contribution is -2.50. The van der Waals surface area contributed by atoms with Crippen LogP contribution in [0.25, 0.3) is 11.0 Å². The van der Waals surface area contributed by atoms with Crippen LogP contribution in [-0.2, 0) is 14.1 Å². The molecule has 1 fully saturated rings. The van der Waals surface area contributed by atoms with Gasteiger partial charge in [0.05, 0.1) is 16.6 Å². The Balaban J connectivity index is 1.50. The fraction of sp³-hybridized carbons (Fsp3) is 0.316. The lowest BCUT2D eigenvalue weighted by Gasteiger charge is -2.34. The maximum absolute atomic E-state index is 12.9. The van der Waals surface area contributed by atoms with E-state index in [9.17, 15) is 14.4 Å². The van der Waals surface area contributed by atoms with Gasteiger partial charge in [0.1, 0.15) is 0 Å². The van der Waals surface area contributed by atoms with Crippen LogP contribution in [-0.4, -0.2) is 61.9 Å². The third-order valence-corrected chi connectivity index (χ3v) is 5.22. The van der Waals surface area contributed by atoms with Crippen LogP contribution in [0.2, 0.25) is 0 Å². The molecule has 1 aliphatic rings. The molecule has 0 aliphatic carbocycles. The second-order valence-electron chi connectivity index (χ2n) is 6.79. The monoisotopic (exact) mass is 367 g/mol. The number of carbonyl (C=O) groups excluding carboxylic acids is 2. The first-order valence-corrected chi connectivity index (χ1v) is 8.84. The van der Waals surface area contributed by atoms with E-state index in [-0.39, 0.29) is 17.5 Å². The van der Waals surface area contributed by atoms with Crippen LogP contribution in [0.1, 0.15) is 20.7 Å². The number of hydrogen-bond donors (Lipinski definition) is 1. The Bertz CT molecular complexity index is 1070. The highest BCUT2D eigenvalue weighted by Gasteiger charge is 2.26. The summed E-state index contributed by atoms with van der Waals surface area (Å²) in [4.78, 5) is 43.7. The minimum atomic E-state index is -0.119. The molecule has 0 bridgehead atoms. The van der Waals surface area contributed by atoms with Crippen molar-refractivity contribution in [2.75, 3.05) is 26.2 Å². The zero-order valence-corrected chi connectivity index (χ0v) is 15.3. The highest BCUT2D eigenvalue weighted by molar-refractivity contribution is 5.98. The summed E-state index contributed by atoms with van der Waals surface area (Å²) in [5.74, 6) is -0.106. The molecule has 27 heavy (non-hydrogen) atoms. The number of benzene rings is 1.